The van der Waals surface area contributed by atoms with Gasteiger partial charge >= 0.3 is 0 Å². The molecule has 0 aliphatic heterocycles. The zero-order chi connectivity index (χ0) is 32.6. The number of hydrogen-bond donors (Lipinski definition) is 1. The summed E-state index contributed by atoms with van der Waals surface area (Å²) < 4.78 is 34.4. The Hall–Kier alpha value is -4.45. The minimum Gasteiger partial charge on any atom is -0.497 e. The molecular formula is C32H40N4O7S. The predicted molar refractivity (Wildman–Crippen MR) is 169 cm³/mol. The first-order valence-corrected chi connectivity index (χ1v) is 15.8. The van der Waals surface area contributed by atoms with Gasteiger partial charge in [-0.15, -0.1) is 0 Å². The van der Waals surface area contributed by atoms with Crippen molar-refractivity contribution in [1.82, 2.24) is 10.2 Å². The Labute approximate surface area is 259 Å². The van der Waals surface area contributed by atoms with Gasteiger partial charge in [0.25, 0.3) is 15.7 Å². The van der Waals surface area contributed by atoms with Crippen LogP contribution in [0.2, 0.25) is 0 Å². The number of ether oxygens (including phenoxy) is 1. The summed E-state index contributed by atoms with van der Waals surface area (Å²) in [5.41, 5.74) is 1.80. The first-order chi connectivity index (χ1) is 20.8. The van der Waals surface area contributed by atoms with Crippen LogP contribution in [0.4, 0.5) is 11.4 Å². The second kappa shape index (κ2) is 14.8. The number of methoxy groups -OCH3 is 1. The number of carbonyl (C=O) groups is 2. The number of rotatable bonds is 14. The maximum atomic E-state index is 14.2. The van der Waals surface area contributed by atoms with Crippen LogP contribution >= 0.6 is 0 Å². The first-order valence-electron chi connectivity index (χ1n) is 14.4. The average molecular weight is 625 g/mol. The average Bonchev–Trinajstić information content (AvgIpc) is 3.00. The van der Waals surface area contributed by atoms with Crippen molar-refractivity contribution >= 4 is 33.2 Å². The van der Waals surface area contributed by atoms with E-state index < -0.39 is 33.4 Å². The lowest BCUT2D eigenvalue weighted by Crippen LogP contribution is -2.53. The van der Waals surface area contributed by atoms with E-state index in [0.717, 1.165) is 21.5 Å². The van der Waals surface area contributed by atoms with Gasteiger partial charge < -0.3 is 15.0 Å². The monoisotopic (exact) mass is 624 g/mol. The fourth-order valence-electron chi connectivity index (χ4n) is 4.68. The van der Waals surface area contributed by atoms with E-state index >= 15 is 0 Å². The second-order valence-electron chi connectivity index (χ2n) is 10.6. The molecule has 0 fully saturated rings. The Morgan fingerprint density at radius 3 is 2.20 bits per heavy atom. The molecule has 3 aromatic rings. The van der Waals surface area contributed by atoms with Gasteiger partial charge in [0.2, 0.25) is 11.8 Å². The standard InChI is InChI=1S/C32H40N4O7S/c1-7-24(5)33-32(38)29(8-2)34(20-25-12-10-9-11-22(25)3)31(37)21-35(26-14-16-27(43-6)17-15-26)44(41,42)28-18-13-23(4)30(19-28)36(39)40/h9-19,24,29H,7-8,20-21H2,1-6H3,(H,33,38)/t24-,29+/m1/s1. The lowest BCUT2D eigenvalue weighted by Gasteiger charge is -2.34. The van der Waals surface area contributed by atoms with Crippen LogP contribution in [0.3, 0.4) is 0 Å². The van der Waals surface area contributed by atoms with E-state index in [1.54, 1.807) is 19.1 Å². The predicted octanol–water partition coefficient (Wildman–Crippen LogP) is 5.14. The number of nitrogens with one attached hydrogen (secondary N) is 1. The molecule has 0 saturated carbocycles. The van der Waals surface area contributed by atoms with Crippen LogP contribution in [0.1, 0.15) is 50.3 Å². The second-order valence-corrected chi connectivity index (χ2v) is 12.5. The van der Waals surface area contributed by atoms with Crippen LogP contribution < -0.4 is 14.4 Å². The highest BCUT2D eigenvalue weighted by Crippen LogP contribution is 2.29. The summed E-state index contributed by atoms with van der Waals surface area (Å²) in [6.45, 7) is 8.43. The molecule has 0 bridgehead atoms. The number of hydrogen-bond acceptors (Lipinski definition) is 7. The number of sulfonamides is 1. The smallest absolute Gasteiger partial charge is 0.273 e. The molecule has 0 aliphatic carbocycles. The van der Waals surface area contributed by atoms with E-state index in [2.05, 4.69) is 5.32 Å². The van der Waals surface area contributed by atoms with E-state index in [9.17, 15) is 28.1 Å². The molecule has 0 aromatic heterocycles. The van der Waals surface area contributed by atoms with Crippen LogP contribution in [0.15, 0.2) is 71.6 Å². The summed E-state index contributed by atoms with van der Waals surface area (Å²) in [6, 6.07) is 16.2. The van der Waals surface area contributed by atoms with E-state index in [4.69, 9.17) is 4.74 Å². The van der Waals surface area contributed by atoms with E-state index in [-0.39, 0.29) is 34.8 Å². The first kappa shape index (κ1) is 34.0. The molecule has 3 aromatic carbocycles. The Bertz CT molecular complexity index is 1590. The van der Waals surface area contributed by atoms with Gasteiger partial charge in [-0.25, -0.2) is 8.42 Å². The van der Waals surface area contributed by atoms with Crippen LogP contribution in [0.25, 0.3) is 0 Å². The summed E-state index contributed by atoms with van der Waals surface area (Å²) in [6.07, 6.45) is 0.986. The van der Waals surface area contributed by atoms with Crippen LogP contribution in [-0.4, -0.2) is 55.8 Å². The summed E-state index contributed by atoms with van der Waals surface area (Å²) in [7, 11) is -3.02. The fourth-order valence-corrected chi connectivity index (χ4v) is 6.12. The van der Waals surface area contributed by atoms with Crippen molar-refractivity contribution in [2.45, 2.75) is 71.0 Å². The van der Waals surface area contributed by atoms with E-state index in [0.29, 0.717) is 24.2 Å². The van der Waals surface area contributed by atoms with Crippen molar-refractivity contribution in [2.75, 3.05) is 18.0 Å². The highest BCUT2D eigenvalue weighted by Gasteiger charge is 2.35. The van der Waals surface area contributed by atoms with Crippen molar-refractivity contribution in [1.29, 1.82) is 0 Å². The highest BCUT2D eigenvalue weighted by atomic mass is 32.2. The molecule has 236 valence electrons. The number of carbonyl (C=O) groups excluding carboxylic acids is 2. The molecule has 44 heavy (non-hydrogen) atoms. The van der Waals surface area contributed by atoms with Gasteiger partial charge in [0.05, 0.1) is 22.6 Å². The van der Waals surface area contributed by atoms with Gasteiger partial charge in [0.15, 0.2) is 0 Å². The number of nitro benzene ring substituents is 1. The lowest BCUT2D eigenvalue weighted by atomic mass is 10.1. The minimum atomic E-state index is -4.49. The zero-order valence-corrected chi connectivity index (χ0v) is 26.8. The minimum absolute atomic E-state index is 0.0739. The van der Waals surface area contributed by atoms with Crippen LogP contribution in [0, 0.1) is 24.0 Å². The van der Waals surface area contributed by atoms with E-state index in [1.165, 1.54) is 43.2 Å². The van der Waals surface area contributed by atoms with Gasteiger partial charge in [-0.2, -0.15) is 0 Å². The Balaban J connectivity index is 2.13. The van der Waals surface area contributed by atoms with E-state index in [1.807, 2.05) is 45.0 Å². The zero-order valence-electron chi connectivity index (χ0n) is 25.9. The van der Waals surface area contributed by atoms with Crippen LogP contribution in [0.5, 0.6) is 5.75 Å². The molecule has 0 unspecified atom stereocenters. The number of nitro groups is 1. The maximum absolute atomic E-state index is 14.2. The summed E-state index contributed by atoms with van der Waals surface area (Å²) >= 11 is 0. The number of nitrogens with zero attached hydrogens (tertiary/aromatic N) is 3. The molecule has 0 heterocycles. The summed E-state index contributed by atoms with van der Waals surface area (Å²) in [4.78, 5) is 39.7. The van der Waals surface area contributed by atoms with Gasteiger partial charge in [-0.1, -0.05) is 44.2 Å². The van der Waals surface area contributed by atoms with Crippen molar-refractivity contribution in [3.05, 3.63) is 93.5 Å². The Morgan fingerprint density at radius 1 is 0.977 bits per heavy atom. The molecule has 0 saturated heterocycles. The molecule has 1 N–H and O–H groups in total. The van der Waals surface area contributed by atoms with Crippen LogP contribution in [-0.2, 0) is 26.2 Å². The van der Waals surface area contributed by atoms with Gasteiger partial charge in [-0.3, -0.25) is 24.0 Å². The molecule has 0 aliphatic rings. The number of anilines is 1. The molecule has 11 nitrogen and oxygen atoms in total. The summed E-state index contributed by atoms with van der Waals surface area (Å²) in [5, 5.41) is 14.6. The van der Waals surface area contributed by atoms with Gasteiger partial charge in [-0.05, 0) is 75.1 Å². The number of benzene rings is 3. The summed E-state index contributed by atoms with van der Waals surface area (Å²) in [5.74, 6) is -0.477. The number of aryl methyl sites for hydroxylation is 2. The quantitative estimate of drug-likeness (QED) is 0.194. The molecule has 2 atom stereocenters. The molecular weight excluding hydrogens is 584 g/mol. The van der Waals surface area contributed by atoms with Gasteiger partial charge in [0, 0.05) is 24.2 Å². The molecule has 3 rings (SSSR count). The lowest BCUT2D eigenvalue weighted by molar-refractivity contribution is -0.385. The highest BCUT2D eigenvalue weighted by molar-refractivity contribution is 7.92. The third-order valence-corrected chi connectivity index (χ3v) is 9.36. The number of amides is 2. The molecule has 2 amide bonds. The molecule has 0 spiro atoms. The SMILES string of the molecule is CC[C@@H](C)NC(=O)[C@H](CC)N(Cc1ccccc1C)C(=O)CN(c1ccc(OC)cc1)S(=O)(=O)c1ccc(C)c([N+](=O)[O-])c1. The van der Waals surface area contributed by atoms with Crippen molar-refractivity contribution in [2.24, 2.45) is 0 Å². The third-order valence-electron chi connectivity index (χ3n) is 7.59. The Kier molecular flexibility index (Phi) is 11.5. The van der Waals surface area contributed by atoms with Crippen molar-refractivity contribution < 1.29 is 27.7 Å². The fraction of sp³-hybridized carbons (Fsp3) is 0.375. The Morgan fingerprint density at radius 2 is 1.64 bits per heavy atom. The van der Waals surface area contributed by atoms with Gasteiger partial charge in [0.1, 0.15) is 18.3 Å². The molecule has 12 heteroatoms. The maximum Gasteiger partial charge on any atom is 0.273 e. The largest absolute Gasteiger partial charge is 0.497 e. The van der Waals surface area contributed by atoms with Crippen molar-refractivity contribution in [3.8, 4) is 5.75 Å². The molecule has 0 radical (unpaired) electrons. The van der Waals surface area contributed by atoms with Crippen molar-refractivity contribution in [3.63, 3.8) is 0 Å². The third kappa shape index (κ3) is 7.93. The normalized spacial score (nSPS) is 12.6. The topological polar surface area (TPSA) is 139 Å².